The van der Waals surface area contributed by atoms with Gasteiger partial charge in [0.2, 0.25) is 0 Å². The minimum absolute atomic E-state index is 0.584. The van der Waals surface area contributed by atoms with Gasteiger partial charge >= 0.3 is 0 Å². The molecule has 3 heteroatoms. The maximum Gasteiger partial charge on any atom is 0.0494 e. The fraction of sp³-hybridized carbons (Fsp3) is 0.765. The molecule has 1 aromatic heterocycles. The Balaban J connectivity index is 1.39. The standard InChI is InChI=1S/C17H27NOS/c1-2-6-15(5-1)17(16-7-3-12-20-16)18-10-4-11-19-13-14-8-9-14/h3,7,12,14-15,17-18H,1-2,4-6,8-11,13H2. The summed E-state index contributed by atoms with van der Waals surface area (Å²) in [5.41, 5.74) is 0. The van der Waals surface area contributed by atoms with Crippen LogP contribution in [0.3, 0.4) is 0 Å². The van der Waals surface area contributed by atoms with Crippen LogP contribution in [0.15, 0.2) is 17.5 Å². The molecule has 2 nitrogen and oxygen atoms in total. The first-order valence-corrected chi connectivity index (χ1v) is 9.16. The summed E-state index contributed by atoms with van der Waals surface area (Å²) in [5, 5.41) is 6.00. The van der Waals surface area contributed by atoms with E-state index in [4.69, 9.17) is 4.74 Å². The van der Waals surface area contributed by atoms with Crippen LogP contribution in [0.2, 0.25) is 0 Å². The summed E-state index contributed by atoms with van der Waals surface area (Å²) in [4.78, 5) is 1.52. The Bertz CT molecular complexity index is 368. The molecule has 2 aliphatic rings. The molecule has 0 bridgehead atoms. The summed E-state index contributed by atoms with van der Waals surface area (Å²) in [6, 6.07) is 5.06. The number of rotatable bonds is 9. The van der Waals surface area contributed by atoms with Crippen LogP contribution in [-0.2, 0) is 4.74 Å². The molecule has 2 saturated carbocycles. The second-order valence-electron chi connectivity index (χ2n) is 6.36. The van der Waals surface area contributed by atoms with Crippen LogP contribution >= 0.6 is 11.3 Å². The van der Waals surface area contributed by atoms with Crippen LogP contribution in [0.4, 0.5) is 0 Å². The van der Waals surface area contributed by atoms with E-state index >= 15 is 0 Å². The molecule has 2 aliphatic carbocycles. The fourth-order valence-electron chi connectivity index (χ4n) is 3.22. The molecule has 112 valence electrons. The van der Waals surface area contributed by atoms with E-state index in [1.807, 2.05) is 11.3 Å². The van der Waals surface area contributed by atoms with Gasteiger partial charge in [-0.05, 0) is 61.9 Å². The van der Waals surface area contributed by atoms with Gasteiger partial charge in [-0.3, -0.25) is 0 Å². The quantitative estimate of drug-likeness (QED) is 0.682. The zero-order valence-corrected chi connectivity index (χ0v) is 13.2. The summed E-state index contributed by atoms with van der Waals surface area (Å²) >= 11 is 1.90. The second kappa shape index (κ2) is 7.58. The maximum absolute atomic E-state index is 5.72. The SMILES string of the molecule is c1csc(C(NCCCOCC2CC2)C2CCCC2)c1. The van der Waals surface area contributed by atoms with E-state index < -0.39 is 0 Å². The lowest BCUT2D eigenvalue weighted by molar-refractivity contribution is 0.121. The molecular formula is C17H27NOS. The second-order valence-corrected chi connectivity index (χ2v) is 7.34. The zero-order valence-electron chi connectivity index (χ0n) is 12.4. The van der Waals surface area contributed by atoms with Crippen molar-refractivity contribution in [3.63, 3.8) is 0 Å². The molecule has 0 spiro atoms. The number of thiophene rings is 1. The minimum Gasteiger partial charge on any atom is -0.381 e. The average Bonchev–Trinajstić information content (AvgIpc) is 2.96. The first kappa shape index (κ1) is 14.6. The van der Waals surface area contributed by atoms with E-state index in [2.05, 4.69) is 22.8 Å². The van der Waals surface area contributed by atoms with Crippen LogP contribution in [0.1, 0.15) is 55.9 Å². The molecule has 2 fully saturated rings. The van der Waals surface area contributed by atoms with Crippen molar-refractivity contribution in [2.45, 2.75) is 51.0 Å². The summed E-state index contributed by atoms with van der Waals surface area (Å²) in [6.07, 6.45) is 9.54. The molecule has 0 saturated heterocycles. The smallest absolute Gasteiger partial charge is 0.0494 e. The van der Waals surface area contributed by atoms with E-state index in [1.54, 1.807) is 0 Å². The number of hydrogen-bond donors (Lipinski definition) is 1. The van der Waals surface area contributed by atoms with Gasteiger partial charge in [-0.25, -0.2) is 0 Å². The van der Waals surface area contributed by atoms with E-state index in [9.17, 15) is 0 Å². The first-order valence-electron chi connectivity index (χ1n) is 8.28. The van der Waals surface area contributed by atoms with Crippen molar-refractivity contribution in [3.05, 3.63) is 22.4 Å². The third-order valence-corrected chi connectivity index (χ3v) is 5.56. The molecule has 1 atom stereocenters. The molecule has 1 unspecified atom stereocenters. The van der Waals surface area contributed by atoms with Gasteiger partial charge in [0.15, 0.2) is 0 Å². The number of hydrogen-bond acceptors (Lipinski definition) is 3. The lowest BCUT2D eigenvalue weighted by Gasteiger charge is -2.24. The van der Waals surface area contributed by atoms with Crippen molar-refractivity contribution in [2.75, 3.05) is 19.8 Å². The van der Waals surface area contributed by atoms with E-state index in [-0.39, 0.29) is 0 Å². The lowest BCUT2D eigenvalue weighted by Crippen LogP contribution is -2.28. The molecule has 20 heavy (non-hydrogen) atoms. The van der Waals surface area contributed by atoms with E-state index in [0.717, 1.165) is 38.0 Å². The van der Waals surface area contributed by atoms with Gasteiger partial charge in [-0.1, -0.05) is 18.9 Å². The highest BCUT2D eigenvalue weighted by molar-refractivity contribution is 7.10. The monoisotopic (exact) mass is 293 g/mol. The van der Waals surface area contributed by atoms with Gasteiger partial charge in [0, 0.05) is 24.1 Å². The topological polar surface area (TPSA) is 21.3 Å². The zero-order chi connectivity index (χ0) is 13.6. The highest BCUT2D eigenvalue weighted by Crippen LogP contribution is 2.37. The molecule has 1 N–H and O–H groups in total. The molecule has 0 amide bonds. The summed E-state index contributed by atoms with van der Waals surface area (Å²) in [7, 11) is 0. The van der Waals surface area contributed by atoms with Gasteiger partial charge in [-0.2, -0.15) is 0 Å². The summed E-state index contributed by atoms with van der Waals surface area (Å²) in [5.74, 6) is 1.74. The van der Waals surface area contributed by atoms with Gasteiger partial charge in [0.1, 0.15) is 0 Å². The van der Waals surface area contributed by atoms with Crippen molar-refractivity contribution in [1.29, 1.82) is 0 Å². The normalized spacial score (nSPS) is 21.4. The Kier molecular flexibility index (Phi) is 5.51. The molecule has 1 heterocycles. The molecular weight excluding hydrogens is 266 g/mol. The molecule has 1 aromatic rings. The van der Waals surface area contributed by atoms with Crippen LogP contribution in [0.5, 0.6) is 0 Å². The van der Waals surface area contributed by atoms with Crippen LogP contribution < -0.4 is 5.32 Å². The Morgan fingerprint density at radius 3 is 2.80 bits per heavy atom. The molecule has 0 aromatic carbocycles. The Labute approximate surface area is 126 Å². The summed E-state index contributed by atoms with van der Waals surface area (Å²) < 4.78 is 5.72. The Morgan fingerprint density at radius 2 is 2.10 bits per heavy atom. The maximum atomic E-state index is 5.72. The summed E-state index contributed by atoms with van der Waals surface area (Å²) in [6.45, 7) is 3.01. The fourth-order valence-corrected chi connectivity index (χ4v) is 4.12. The van der Waals surface area contributed by atoms with Crippen LogP contribution in [0.25, 0.3) is 0 Å². The minimum atomic E-state index is 0.584. The Morgan fingerprint density at radius 1 is 1.25 bits per heavy atom. The highest BCUT2D eigenvalue weighted by atomic mass is 32.1. The highest BCUT2D eigenvalue weighted by Gasteiger charge is 2.26. The van der Waals surface area contributed by atoms with Crippen molar-refractivity contribution in [1.82, 2.24) is 5.32 Å². The van der Waals surface area contributed by atoms with Crippen LogP contribution in [-0.4, -0.2) is 19.8 Å². The number of ether oxygens (including phenoxy) is 1. The van der Waals surface area contributed by atoms with Gasteiger partial charge in [-0.15, -0.1) is 11.3 Å². The molecule has 3 rings (SSSR count). The lowest BCUT2D eigenvalue weighted by atomic mass is 9.96. The van der Waals surface area contributed by atoms with E-state index in [1.165, 1.54) is 43.4 Å². The average molecular weight is 293 g/mol. The number of nitrogens with one attached hydrogen (secondary N) is 1. The van der Waals surface area contributed by atoms with Gasteiger partial charge < -0.3 is 10.1 Å². The largest absolute Gasteiger partial charge is 0.381 e. The first-order chi connectivity index (χ1) is 9.93. The Hall–Kier alpha value is -0.380. The van der Waals surface area contributed by atoms with Crippen molar-refractivity contribution in [3.8, 4) is 0 Å². The van der Waals surface area contributed by atoms with Gasteiger partial charge in [0.25, 0.3) is 0 Å². The van der Waals surface area contributed by atoms with Crippen molar-refractivity contribution < 1.29 is 4.74 Å². The van der Waals surface area contributed by atoms with E-state index in [0.29, 0.717) is 6.04 Å². The molecule has 0 aliphatic heterocycles. The van der Waals surface area contributed by atoms with Crippen LogP contribution in [0, 0.1) is 11.8 Å². The van der Waals surface area contributed by atoms with Crippen molar-refractivity contribution >= 4 is 11.3 Å². The van der Waals surface area contributed by atoms with Crippen molar-refractivity contribution in [2.24, 2.45) is 11.8 Å². The third-order valence-electron chi connectivity index (χ3n) is 4.60. The van der Waals surface area contributed by atoms with Gasteiger partial charge in [0.05, 0.1) is 0 Å². The molecule has 0 radical (unpaired) electrons. The third kappa shape index (κ3) is 4.31. The predicted octanol–water partition coefficient (Wildman–Crippen LogP) is 4.39. The predicted molar refractivity (Wildman–Crippen MR) is 85.2 cm³/mol.